The zero-order valence-electron chi connectivity index (χ0n) is 19.4. The quantitative estimate of drug-likeness (QED) is 0.403. The molecule has 0 fully saturated rings. The van der Waals surface area contributed by atoms with Gasteiger partial charge in [0, 0.05) is 13.0 Å². The molecule has 0 aliphatic heterocycles. The second-order valence-corrected chi connectivity index (χ2v) is 7.76. The second-order valence-electron chi connectivity index (χ2n) is 7.76. The van der Waals surface area contributed by atoms with Gasteiger partial charge in [-0.25, -0.2) is 4.98 Å². The fraction of sp³-hybridized carbons (Fsp3) is 0.385. The molecule has 0 saturated heterocycles. The van der Waals surface area contributed by atoms with Crippen molar-refractivity contribution >= 4 is 23.0 Å². The number of fused-ring (bicyclic) bond motifs is 1. The molecule has 3 rings (SSSR count). The minimum atomic E-state index is -0.165. The van der Waals surface area contributed by atoms with Crippen LogP contribution in [0.5, 0.6) is 11.5 Å². The Labute approximate surface area is 190 Å². The molecule has 1 unspecified atom stereocenters. The molecule has 0 spiro atoms. The van der Waals surface area contributed by atoms with Crippen molar-refractivity contribution in [3.63, 3.8) is 0 Å². The monoisotopic (exact) mass is 435 g/mol. The molecule has 170 valence electrons. The van der Waals surface area contributed by atoms with E-state index in [2.05, 4.69) is 16.0 Å². The van der Waals surface area contributed by atoms with E-state index >= 15 is 0 Å². The van der Waals surface area contributed by atoms with Crippen molar-refractivity contribution < 1.29 is 14.3 Å². The van der Waals surface area contributed by atoms with E-state index < -0.39 is 0 Å². The van der Waals surface area contributed by atoms with Gasteiger partial charge in [0.15, 0.2) is 11.5 Å². The van der Waals surface area contributed by atoms with Gasteiger partial charge in [-0.3, -0.25) is 4.79 Å². The van der Waals surface area contributed by atoms with Gasteiger partial charge in [-0.1, -0.05) is 37.3 Å². The Balaban J connectivity index is 1.70. The van der Waals surface area contributed by atoms with Crippen LogP contribution in [-0.2, 0) is 11.3 Å². The number of rotatable bonds is 11. The molecule has 0 bridgehead atoms. The highest BCUT2D eigenvalue weighted by molar-refractivity contribution is 5.78. The van der Waals surface area contributed by atoms with Gasteiger partial charge in [-0.15, -0.1) is 0 Å². The number of carbonyl (C=O) groups is 1. The van der Waals surface area contributed by atoms with Crippen LogP contribution in [0.4, 0.5) is 0 Å². The summed E-state index contributed by atoms with van der Waals surface area (Å²) in [7, 11) is 1.65. The number of carbonyl (C=O) groups excluding carboxylic acids is 1. The maximum Gasteiger partial charge on any atom is 0.220 e. The third-order valence-corrected chi connectivity index (χ3v) is 5.26. The molecule has 1 heterocycles. The summed E-state index contributed by atoms with van der Waals surface area (Å²) in [6.45, 7) is 7.26. The molecule has 6 heteroatoms. The number of hydrogen-bond acceptors (Lipinski definition) is 4. The molecular weight excluding hydrogens is 402 g/mol. The molecule has 1 aromatic heterocycles. The van der Waals surface area contributed by atoms with Crippen molar-refractivity contribution in [3.8, 4) is 11.5 Å². The normalized spacial score (nSPS) is 12.2. The first-order chi connectivity index (χ1) is 15.6. The zero-order chi connectivity index (χ0) is 22.9. The van der Waals surface area contributed by atoms with E-state index in [1.807, 2.05) is 69.3 Å². The Kier molecular flexibility index (Phi) is 8.31. The molecule has 6 nitrogen and oxygen atoms in total. The number of ether oxygens (including phenoxy) is 2. The number of amides is 1. The lowest BCUT2D eigenvalue weighted by Crippen LogP contribution is -2.28. The summed E-state index contributed by atoms with van der Waals surface area (Å²) in [5.41, 5.74) is 3.07. The van der Waals surface area contributed by atoms with Crippen LogP contribution in [0.25, 0.3) is 17.1 Å². The molecule has 1 N–H and O–H groups in total. The Morgan fingerprint density at radius 3 is 2.78 bits per heavy atom. The number of methoxy groups -OCH3 is 1. The van der Waals surface area contributed by atoms with Crippen molar-refractivity contribution in [2.75, 3.05) is 13.7 Å². The minimum Gasteiger partial charge on any atom is -0.493 e. The third-order valence-electron chi connectivity index (χ3n) is 5.26. The molecular formula is C26H33N3O3. The van der Waals surface area contributed by atoms with Crippen LogP contribution in [-0.4, -0.2) is 29.2 Å². The van der Waals surface area contributed by atoms with Crippen molar-refractivity contribution in [1.29, 1.82) is 0 Å². The lowest BCUT2D eigenvalue weighted by molar-refractivity contribution is -0.121. The Bertz CT molecular complexity index is 1070. The van der Waals surface area contributed by atoms with Crippen molar-refractivity contribution in [2.45, 2.75) is 52.6 Å². The number of allylic oxidation sites excluding steroid dienone is 1. The van der Waals surface area contributed by atoms with Crippen LogP contribution in [0, 0.1) is 0 Å². The van der Waals surface area contributed by atoms with E-state index in [-0.39, 0.29) is 11.9 Å². The standard InChI is InChI=1S/C26H33N3O3/c1-5-10-20-14-15-23(24(18-20)31-4)32-17-9-16-29-22-13-8-7-12-21(22)28-26(29)19(3)27-25(30)11-6-2/h5,7-8,10,12-15,18-19H,6,9,11,16-17H2,1-4H3,(H,27,30)/b10-5+. The summed E-state index contributed by atoms with van der Waals surface area (Å²) >= 11 is 0. The average Bonchev–Trinajstić information content (AvgIpc) is 3.16. The molecule has 2 aromatic carbocycles. The first-order valence-corrected chi connectivity index (χ1v) is 11.3. The lowest BCUT2D eigenvalue weighted by atomic mass is 10.2. The molecule has 0 aliphatic rings. The van der Waals surface area contributed by atoms with Crippen molar-refractivity contribution in [1.82, 2.24) is 14.9 Å². The predicted molar refractivity (Wildman–Crippen MR) is 129 cm³/mol. The summed E-state index contributed by atoms with van der Waals surface area (Å²) in [6, 6.07) is 13.8. The topological polar surface area (TPSA) is 65.4 Å². The van der Waals surface area contributed by atoms with Crippen LogP contribution in [0.1, 0.15) is 57.5 Å². The third kappa shape index (κ3) is 5.69. The first kappa shape index (κ1) is 23.4. The molecule has 1 atom stereocenters. The Morgan fingerprint density at radius 1 is 1.22 bits per heavy atom. The summed E-state index contributed by atoms with van der Waals surface area (Å²) < 4.78 is 13.7. The van der Waals surface area contributed by atoms with Gasteiger partial charge in [0.1, 0.15) is 5.82 Å². The van der Waals surface area contributed by atoms with Gasteiger partial charge >= 0.3 is 0 Å². The second kappa shape index (κ2) is 11.4. The number of aryl methyl sites for hydroxylation is 1. The van der Waals surface area contributed by atoms with E-state index in [9.17, 15) is 4.79 Å². The predicted octanol–water partition coefficient (Wildman–Crippen LogP) is 5.52. The van der Waals surface area contributed by atoms with E-state index in [1.54, 1.807) is 7.11 Å². The smallest absolute Gasteiger partial charge is 0.220 e. The maximum atomic E-state index is 12.1. The number of imidazole rings is 1. The number of nitrogens with one attached hydrogen (secondary N) is 1. The fourth-order valence-corrected chi connectivity index (χ4v) is 3.77. The van der Waals surface area contributed by atoms with Gasteiger partial charge in [-0.2, -0.15) is 0 Å². The Hall–Kier alpha value is -3.28. The van der Waals surface area contributed by atoms with E-state index in [4.69, 9.17) is 14.5 Å². The molecule has 0 saturated carbocycles. The number of benzene rings is 2. The zero-order valence-corrected chi connectivity index (χ0v) is 19.4. The van der Waals surface area contributed by atoms with Crippen molar-refractivity contribution in [3.05, 3.63) is 59.9 Å². The van der Waals surface area contributed by atoms with Crippen LogP contribution in [0.15, 0.2) is 48.5 Å². The van der Waals surface area contributed by atoms with Gasteiger partial charge in [0.25, 0.3) is 0 Å². The molecule has 3 aromatic rings. The van der Waals surface area contributed by atoms with Crippen LogP contribution >= 0.6 is 0 Å². The number of hydrogen-bond donors (Lipinski definition) is 1. The molecule has 1 amide bonds. The highest BCUT2D eigenvalue weighted by Crippen LogP contribution is 2.29. The number of para-hydroxylation sites is 2. The SMILES string of the molecule is C/C=C/c1ccc(OCCCn2c(C(C)NC(=O)CCC)nc3ccccc32)c(OC)c1. The first-order valence-electron chi connectivity index (χ1n) is 11.3. The largest absolute Gasteiger partial charge is 0.493 e. The summed E-state index contributed by atoms with van der Waals surface area (Å²) in [5.74, 6) is 2.37. The van der Waals surface area contributed by atoms with Crippen LogP contribution in [0.3, 0.4) is 0 Å². The summed E-state index contributed by atoms with van der Waals surface area (Å²) in [5, 5.41) is 3.07. The van der Waals surface area contributed by atoms with Crippen molar-refractivity contribution in [2.24, 2.45) is 0 Å². The molecule has 0 radical (unpaired) electrons. The van der Waals surface area contributed by atoms with E-state index in [0.29, 0.717) is 13.0 Å². The van der Waals surface area contributed by atoms with E-state index in [1.165, 1.54) is 0 Å². The fourth-order valence-electron chi connectivity index (χ4n) is 3.77. The Morgan fingerprint density at radius 2 is 2.03 bits per heavy atom. The van der Waals surface area contributed by atoms with Gasteiger partial charge < -0.3 is 19.4 Å². The lowest BCUT2D eigenvalue weighted by Gasteiger charge is -2.17. The number of aromatic nitrogens is 2. The van der Waals surface area contributed by atoms with E-state index in [0.717, 1.165) is 53.3 Å². The minimum absolute atomic E-state index is 0.0513. The summed E-state index contributed by atoms with van der Waals surface area (Å²) in [6.07, 6.45) is 6.16. The van der Waals surface area contributed by atoms with Gasteiger partial charge in [-0.05, 0) is 56.5 Å². The highest BCUT2D eigenvalue weighted by Gasteiger charge is 2.18. The molecule has 0 aliphatic carbocycles. The highest BCUT2D eigenvalue weighted by atomic mass is 16.5. The number of nitrogens with zero attached hydrogens (tertiary/aromatic N) is 2. The summed E-state index contributed by atoms with van der Waals surface area (Å²) in [4.78, 5) is 16.9. The van der Waals surface area contributed by atoms with Crippen LogP contribution in [0.2, 0.25) is 0 Å². The van der Waals surface area contributed by atoms with Crippen LogP contribution < -0.4 is 14.8 Å². The van der Waals surface area contributed by atoms with Gasteiger partial charge in [0.2, 0.25) is 5.91 Å². The average molecular weight is 436 g/mol. The van der Waals surface area contributed by atoms with Gasteiger partial charge in [0.05, 0.1) is 30.8 Å². The maximum absolute atomic E-state index is 12.1. The molecule has 32 heavy (non-hydrogen) atoms.